The lowest BCUT2D eigenvalue weighted by molar-refractivity contribution is -0.125. The summed E-state index contributed by atoms with van der Waals surface area (Å²) in [5, 5.41) is 0. The number of hydrogen-bond donors (Lipinski definition) is 1. The van der Waals surface area contributed by atoms with Crippen LogP contribution in [0.5, 0.6) is 0 Å². The van der Waals surface area contributed by atoms with Gasteiger partial charge in [0.1, 0.15) is 0 Å². The van der Waals surface area contributed by atoms with Gasteiger partial charge in [0, 0.05) is 10.3 Å². The number of carbonyl (C=O) groups is 1. The molecule has 1 nitrogen and oxygen atoms in total. The van der Waals surface area contributed by atoms with E-state index >= 15 is 0 Å². The number of benzene rings is 1. The number of hydrogen-bond acceptors (Lipinski definition) is 2. The van der Waals surface area contributed by atoms with E-state index in [0.29, 0.717) is 11.7 Å². The van der Waals surface area contributed by atoms with Crippen LogP contribution in [0.3, 0.4) is 0 Å². The summed E-state index contributed by atoms with van der Waals surface area (Å²) in [6, 6.07) is 7.97. The van der Waals surface area contributed by atoms with Gasteiger partial charge in [0.2, 0.25) is 0 Å². The van der Waals surface area contributed by atoms with Gasteiger partial charge in [-0.1, -0.05) is 39.0 Å². The van der Waals surface area contributed by atoms with E-state index in [0.717, 1.165) is 28.9 Å². The van der Waals surface area contributed by atoms with Crippen LogP contribution >= 0.6 is 12.6 Å². The molecule has 0 saturated heterocycles. The summed E-state index contributed by atoms with van der Waals surface area (Å²) in [4.78, 5) is 13.7. The number of fused-ring (bicyclic) bond motifs is 2. The molecule has 0 heterocycles. The van der Waals surface area contributed by atoms with Crippen molar-refractivity contribution in [1.82, 2.24) is 0 Å². The molecule has 0 spiro atoms. The smallest absolute Gasteiger partial charge is 0.165 e. The molecule has 0 radical (unpaired) electrons. The Kier molecular flexibility index (Phi) is 2.72. The molecule has 2 atom stereocenters. The van der Waals surface area contributed by atoms with Crippen molar-refractivity contribution in [3.63, 3.8) is 0 Å². The summed E-state index contributed by atoms with van der Waals surface area (Å²) in [5.41, 5.74) is 1.98. The highest BCUT2D eigenvalue weighted by Crippen LogP contribution is 2.65. The average Bonchev–Trinajstić information content (AvgIpc) is 2.66. The molecule has 0 aliphatic heterocycles. The van der Waals surface area contributed by atoms with Crippen molar-refractivity contribution >= 4 is 24.5 Å². The lowest BCUT2D eigenvalue weighted by atomic mass is 9.70. The van der Waals surface area contributed by atoms with Gasteiger partial charge in [-0.05, 0) is 47.5 Å². The Morgan fingerprint density at radius 1 is 1.26 bits per heavy atom. The van der Waals surface area contributed by atoms with E-state index in [2.05, 4.69) is 39.5 Å². The highest BCUT2D eigenvalue weighted by atomic mass is 32.1. The SMILES string of the molecule is CC12CCC(/C(=C/c3ccccc3S)C1=O)C2(C)C. The Morgan fingerprint density at radius 3 is 2.53 bits per heavy atom. The summed E-state index contributed by atoms with van der Waals surface area (Å²) in [6.45, 7) is 6.63. The highest BCUT2D eigenvalue weighted by Gasteiger charge is 2.63. The largest absolute Gasteiger partial charge is 0.294 e. The quantitative estimate of drug-likeness (QED) is 0.593. The maximum Gasteiger partial charge on any atom is 0.165 e. The standard InChI is InChI=1S/C17H20OS/c1-16(2)13-8-9-17(16,3)15(18)12(13)10-11-6-4-5-7-14(11)19/h4-7,10,13,19H,8-9H2,1-3H3/b12-10-. The fraction of sp³-hybridized carbons (Fsp3) is 0.471. The maximum atomic E-state index is 12.7. The first-order valence-electron chi connectivity index (χ1n) is 6.92. The zero-order valence-corrected chi connectivity index (χ0v) is 12.6. The van der Waals surface area contributed by atoms with E-state index in [1.165, 1.54) is 0 Å². The molecule has 0 aromatic heterocycles. The van der Waals surface area contributed by atoms with Gasteiger partial charge in [-0.15, -0.1) is 12.6 Å². The fourth-order valence-electron chi connectivity index (χ4n) is 3.87. The Balaban J connectivity index is 2.10. The minimum Gasteiger partial charge on any atom is -0.294 e. The van der Waals surface area contributed by atoms with Crippen molar-refractivity contribution in [2.45, 2.75) is 38.5 Å². The third-order valence-electron chi connectivity index (χ3n) is 5.61. The van der Waals surface area contributed by atoms with E-state index in [1.54, 1.807) is 0 Å². The molecule has 2 unspecified atom stereocenters. The third-order valence-corrected chi connectivity index (χ3v) is 6.02. The van der Waals surface area contributed by atoms with E-state index in [1.807, 2.05) is 24.3 Å². The van der Waals surface area contributed by atoms with Crippen LogP contribution in [0.2, 0.25) is 0 Å². The summed E-state index contributed by atoms with van der Waals surface area (Å²) in [7, 11) is 0. The Morgan fingerprint density at radius 2 is 1.95 bits per heavy atom. The van der Waals surface area contributed by atoms with Gasteiger partial charge in [-0.3, -0.25) is 4.79 Å². The number of allylic oxidation sites excluding steroid dienone is 1. The van der Waals surface area contributed by atoms with Crippen LogP contribution < -0.4 is 0 Å². The van der Waals surface area contributed by atoms with Gasteiger partial charge < -0.3 is 0 Å². The third kappa shape index (κ3) is 1.59. The first-order valence-corrected chi connectivity index (χ1v) is 7.37. The first-order chi connectivity index (χ1) is 8.88. The first kappa shape index (κ1) is 13.0. The molecule has 1 aromatic rings. The van der Waals surface area contributed by atoms with E-state index in [4.69, 9.17) is 0 Å². The van der Waals surface area contributed by atoms with Crippen molar-refractivity contribution in [2.75, 3.05) is 0 Å². The van der Waals surface area contributed by atoms with Crippen molar-refractivity contribution in [2.24, 2.45) is 16.7 Å². The predicted molar refractivity (Wildman–Crippen MR) is 81.3 cm³/mol. The normalized spacial score (nSPS) is 34.2. The van der Waals surface area contributed by atoms with Gasteiger partial charge in [0.05, 0.1) is 0 Å². The molecule has 100 valence electrons. The number of Topliss-reactive ketones (excluding diaryl/α,β-unsaturated/α-hetero) is 1. The van der Waals surface area contributed by atoms with Gasteiger partial charge >= 0.3 is 0 Å². The van der Waals surface area contributed by atoms with Crippen LogP contribution in [-0.4, -0.2) is 5.78 Å². The predicted octanol–water partition coefficient (Wildman–Crippen LogP) is 4.38. The Labute approximate surface area is 120 Å². The molecule has 2 aliphatic carbocycles. The van der Waals surface area contributed by atoms with Gasteiger partial charge in [-0.25, -0.2) is 0 Å². The fourth-order valence-corrected chi connectivity index (χ4v) is 4.10. The van der Waals surface area contributed by atoms with E-state index < -0.39 is 0 Å². The molecular weight excluding hydrogens is 252 g/mol. The molecule has 3 rings (SSSR count). The molecule has 19 heavy (non-hydrogen) atoms. The molecule has 2 heteroatoms. The van der Waals surface area contributed by atoms with Crippen molar-refractivity contribution in [3.05, 3.63) is 35.4 Å². The van der Waals surface area contributed by atoms with Crippen LogP contribution in [-0.2, 0) is 4.79 Å². The molecule has 1 aromatic carbocycles. The van der Waals surface area contributed by atoms with Gasteiger partial charge in [-0.2, -0.15) is 0 Å². The number of ketones is 1. The van der Waals surface area contributed by atoms with Crippen molar-refractivity contribution in [1.29, 1.82) is 0 Å². The molecule has 2 saturated carbocycles. The second-order valence-corrected chi connectivity index (χ2v) is 7.11. The van der Waals surface area contributed by atoms with E-state index in [-0.39, 0.29) is 10.8 Å². The molecule has 2 bridgehead atoms. The molecule has 2 aliphatic rings. The monoisotopic (exact) mass is 272 g/mol. The summed E-state index contributed by atoms with van der Waals surface area (Å²) < 4.78 is 0. The highest BCUT2D eigenvalue weighted by molar-refractivity contribution is 7.80. The summed E-state index contributed by atoms with van der Waals surface area (Å²) in [5.74, 6) is 0.753. The second kappa shape index (κ2) is 3.99. The minimum atomic E-state index is -0.172. The van der Waals surface area contributed by atoms with Gasteiger partial charge in [0.25, 0.3) is 0 Å². The maximum absolute atomic E-state index is 12.7. The lowest BCUT2D eigenvalue weighted by Crippen LogP contribution is -2.32. The second-order valence-electron chi connectivity index (χ2n) is 6.63. The van der Waals surface area contributed by atoms with Gasteiger partial charge in [0.15, 0.2) is 5.78 Å². The zero-order chi connectivity index (χ0) is 13.8. The Bertz CT molecular complexity index is 585. The van der Waals surface area contributed by atoms with Crippen LogP contribution in [0.15, 0.2) is 34.7 Å². The lowest BCUT2D eigenvalue weighted by Gasteiger charge is -2.31. The topological polar surface area (TPSA) is 17.1 Å². The van der Waals surface area contributed by atoms with Crippen molar-refractivity contribution in [3.8, 4) is 0 Å². The molecular formula is C17H20OS. The van der Waals surface area contributed by atoms with Crippen molar-refractivity contribution < 1.29 is 4.79 Å². The van der Waals surface area contributed by atoms with Crippen LogP contribution in [0.4, 0.5) is 0 Å². The molecule has 0 N–H and O–H groups in total. The zero-order valence-electron chi connectivity index (χ0n) is 11.7. The number of thiol groups is 1. The molecule has 0 amide bonds. The van der Waals surface area contributed by atoms with E-state index in [9.17, 15) is 4.79 Å². The molecule has 2 fully saturated rings. The number of carbonyl (C=O) groups excluding carboxylic acids is 1. The van der Waals surface area contributed by atoms with Crippen LogP contribution in [0.25, 0.3) is 6.08 Å². The van der Waals surface area contributed by atoms with Crippen LogP contribution in [0.1, 0.15) is 39.2 Å². The average molecular weight is 272 g/mol. The minimum absolute atomic E-state index is 0.0848. The Hall–Kier alpha value is -1.02. The summed E-state index contributed by atoms with van der Waals surface area (Å²) >= 11 is 4.48. The summed E-state index contributed by atoms with van der Waals surface area (Å²) in [6.07, 6.45) is 4.24. The number of rotatable bonds is 1. The van der Waals surface area contributed by atoms with Crippen LogP contribution in [0, 0.1) is 16.7 Å².